The van der Waals surface area contributed by atoms with Crippen molar-refractivity contribution in [1.29, 1.82) is 0 Å². The van der Waals surface area contributed by atoms with E-state index in [1.54, 1.807) is 6.07 Å². The molecule has 0 radical (unpaired) electrons. The molecule has 0 amide bonds. The van der Waals surface area contributed by atoms with E-state index in [0.29, 0.717) is 14.7 Å². The van der Waals surface area contributed by atoms with Gasteiger partial charge in [0.2, 0.25) is 0 Å². The van der Waals surface area contributed by atoms with Crippen LogP contribution >= 0.6 is 11.3 Å². The number of carbonyl (C=O) groups is 1. The molecule has 2 nitrogen and oxygen atoms in total. The van der Waals surface area contributed by atoms with E-state index >= 15 is 0 Å². The third-order valence-electron chi connectivity index (χ3n) is 2.17. The summed E-state index contributed by atoms with van der Waals surface area (Å²) >= 11 is 0.998. The first-order valence-electron chi connectivity index (χ1n) is 4.41. The van der Waals surface area contributed by atoms with Crippen LogP contribution in [0, 0.1) is 0 Å². The van der Waals surface area contributed by atoms with Crippen LogP contribution in [0.15, 0.2) is 29.1 Å². The summed E-state index contributed by atoms with van der Waals surface area (Å²) < 4.78 is 1.47. The van der Waals surface area contributed by atoms with Crippen LogP contribution in [-0.2, 0) is 0 Å². The van der Waals surface area contributed by atoms with Crippen LogP contribution in [0.3, 0.4) is 0 Å². The van der Waals surface area contributed by atoms with Crippen molar-refractivity contribution in [2.24, 2.45) is 0 Å². The summed E-state index contributed by atoms with van der Waals surface area (Å²) in [6.07, 6.45) is 0.756. The molecule has 0 aliphatic heterocycles. The van der Waals surface area contributed by atoms with Crippen LogP contribution in [0.1, 0.15) is 9.67 Å². The molecule has 0 aliphatic carbocycles. The van der Waals surface area contributed by atoms with Gasteiger partial charge in [0.05, 0.1) is 0 Å². The van der Waals surface area contributed by atoms with Gasteiger partial charge in [-0.1, -0.05) is 0 Å². The molecule has 0 saturated heterocycles. The van der Waals surface area contributed by atoms with Crippen LogP contribution in [0.2, 0.25) is 0 Å². The van der Waals surface area contributed by atoms with Gasteiger partial charge in [0, 0.05) is 0 Å². The Morgan fingerprint density at radius 1 is 1.33 bits per heavy atom. The fourth-order valence-corrected chi connectivity index (χ4v) is 3.40. The molecule has 1 heterocycles. The average Bonchev–Trinajstić information content (AvgIpc) is 2.29. The van der Waals surface area contributed by atoms with E-state index in [2.05, 4.69) is 5.39 Å². The van der Waals surface area contributed by atoms with E-state index in [1.807, 2.05) is 18.2 Å². The van der Waals surface area contributed by atoms with Crippen molar-refractivity contribution in [3.63, 3.8) is 0 Å². The minimum absolute atomic E-state index is 0.0311. The van der Waals surface area contributed by atoms with Crippen molar-refractivity contribution < 1.29 is 4.79 Å². The van der Waals surface area contributed by atoms with Crippen molar-refractivity contribution in [3.8, 4) is 0 Å². The van der Waals surface area contributed by atoms with Gasteiger partial charge in [0.15, 0.2) is 0 Å². The molecule has 0 spiro atoms. The maximum absolute atomic E-state index is 12.0. The number of rotatable bonds is 2. The van der Waals surface area contributed by atoms with E-state index in [4.69, 9.17) is 0 Å². The molecule has 0 bridgehead atoms. The average molecular weight is 230 g/mol. The molecular formula is C11H7AlO2S. The van der Waals surface area contributed by atoms with Crippen LogP contribution in [0.5, 0.6) is 0 Å². The third-order valence-corrected chi connectivity index (χ3v) is 4.48. The quantitative estimate of drug-likeness (QED) is 0.566. The number of aldehydes is 1. The van der Waals surface area contributed by atoms with Crippen LogP contribution < -0.4 is 9.85 Å². The third kappa shape index (κ3) is 1.72. The Morgan fingerprint density at radius 2 is 2.07 bits per heavy atom. The Balaban J connectivity index is 3.00. The predicted molar refractivity (Wildman–Crippen MR) is 66.0 cm³/mol. The fraction of sp³-hybridized carbons (Fsp3) is 0. The number of benzene rings is 1. The standard InChI is InChI=1S/C10H5O2S.CH2.Al/c11-6-7-5-9(12)8-3-1-2-4-10(8)13-7;;/h1-4,6H;1H2;. The van der Waals surface area contributed by atoms with Crippen molar-refractivity contribution in [2.45, 2.75) is 0 Å². The normalized spacial score (nSPS) is 9.87. The molecule has 1 aromatic heterocycles. The zero-order valence-corrected chi connectivity index (χ0v) is 9.87. The van der Waals surface area contributed by atoms with Gasteiger partial charge in [-0.2, -0.15) is 0 Å². The summed E-state index contributed by atoms with van der Waals surface area (Å²) in [4.78, 5) is 23.3. The molecule has 0 fully saturated rings. The first-order valence-corrected chi connectivity index (χ1v) is 6.62. The molecule has 1 aromatic carbocycles. The predicted octanol–water partition coefficient (Wildman–Crippen LogP) is 0.835. The zero-order valence-electron chi connectivity index (χ0n) is 7.90. The molecule has 2 rings (SSSR count). The summed E-state index contributed by atoms with van der Waals surface area (Å²) in [5.41, 5.74) is -0.0311. The molecule has 15 heavy (non-hydrogen) atoms. The second-order valence-corrected chi connectivity index (χ2v) is 5.10. The summed E-state index contributed by atoms with van der Waals surface area (Å²) in [7, 11) is 0. The Kier molecular flexibility index (Phi) is 2.92. The molecule has 0 N–H and O–H groups in total. The Hall–Kier alpha value is -1.08. The summed E-state index contributed by atoms with van der Waals surface area (Å²) in [5.74, 6) is 0. The van der Waals surface area contributed by atoms with E-state index in [-0.39, 0.29) is 20.2 Å². The molecule has 2 aromatic rings. The second-order valence-electron chi connectivity index (χ2n) is 3.03. The van der Waals surface area contributed by atoms with Crippen LogP contribution in [0.4, 0.5) is 0 Å². The SMILES string of the molecule is [CH2]=[Al][c]1c(C=O)sc2ccccc2c1=O. The van der Waals surface area contributed by atoms with Crippen LogP contribution in [0.25, 0.3) is 10.1 Å². The monoisotopic (exact) mass is 230 g/mol. The van der Waals surface area contributed by atoms with Gasteiger partial charge >= 0.3 is 96.5 Å². The van der Waals surface area contributed by atoms with E-state index in [0.717, 1.165) is 11.0 Å². The van der Waals surface area contributed by atoms with E-state index in [1.165, 1.54) is 11.3 Å². The second kappa shape index (κ2) is 4.20. The Labute approximate surface area is 96.4 Å². The van der Waals surface area contributed by atoms with Gasteiger partial charge < -0.3 is 0 Å². The van der Waals surface area contributed by atoms with E-state index < -0.39 is 0 Å². The van der Waals surface area contributed by atoms with Gasteiger partial charge in [-0.25, -0.2) is 0 Å². The topological polar surface area (TPSA) is 34.1 Å². The molecule has 0 aliphatic rings. The Morgan fingerprint density at radius 3 is 2.73 bits per heavy atom. The summed E-state index contributed by atoms with van der Waals surface area (Å²) in [6, 6.07) is 7.35. The number of carbonyl (C=O) groups excluding carboxylic acids is 1. The van der Waals surface area contributed by atoms with Crippen molar-refractivity contribution in [2.75, 3.05) is 0 Å². The van der Waals surface area contributed by atoms with Gasteiger partial charge in [0.1, 0.15) is 0 Å². The summed E-state index contributed by atoms with van der Waals surface area (Å²) in [6.45, 7) is 0. The van der Waals surface area contributed by atoms with Crippen molar-refractivity contribution in [3.05, 3.63) is 39.4 Å². The molecule has 72 valence electrons. The number of hydrogen-bond donors (Lipinski definition) is 0. The van der Waals surface area contributed by atoms with Gasteiger partial charge in [0.25, 0.3) is 0 Å². The number of hydrogen-bond acceptors (Lipinski definition) is 3. The maximum atomic E-state index is 12.0. The van der Waals surface area contributed by atoms with Crippen LogP contribution in [-0.4, -0.2) is 26.5 Å². The van der Waals surface area contributed by atoms with Crippen molar-refractivity contribution in [1.82, 2.24) is 0 Å². The number of fused-ring (bicyclic) bond motifs is 1. The molecule has 0 unspecified atom stereocenters. The first kappa shape index (κ1) is 10.4. The van der Waals surface area contributed by atoms with Gasteiger partial charge in [-0.05, 0) is 0 Å². The summed E-state index contributed by atoms with van der Waals surface area (Å²) in [5, 5.41) is 4.46. The fourth-order valence-electron chi connectivity index (χ4n) is 1.45. The zero-order chi connectivity index (χ0) is 10.8. The molecular weight excluding hydrogens is 223 g/mol. The van der Waals surface area contributed by atoms with Gasteiger partial charge in [-0.3, -0.25) is 0 Å². The molecule has 0 saturated carbocycles. The Bertz CT molecular complexity index is 601. The molecule has 0 atom stereocenters. The van der Waals surface area contributed by atoms with Crippen molar-refractivity contribution >= 4 is 52.3 Å². The first-order chi connectivity index (χ1) is 7.27. The molecule has 4 heteroatoms. The van der Waals surface area contributed by atoms with Gasteiger partial charge in [-0.15, -0.1) is 0 Å². The minimum atomic E-state index is -0.367. The van der Waals surface area contributed by atoms with E-state index in [9.17, 15) is 9.59 Å².